The molecule has 0 unspecified atom stereocenters. The fraction of sp³-hybridized carbons (Fsp3) is 0.818. The van der Waals surface area contributed by atoms with Crippen LogP contribution in [0.1, 0.15) is 25.7 Å². The van der Waals surface area contributed by atoms with Gasteiger partial charge >= 0.3 is 0 Å². The van der Waals surface area contributed by atoms with Crippen LogP contribution in [0, 0.1) is 0 Å². The van der Waals surface area contributed by atoms with Gasteiger partial charge in [0.2, 0.25) is 5.13 Å². The van der Waals surface area contributed by atoms with Crippen LogP contribution in [-0.4, -0.2) is 47.3 Å². The van der Waals surface area contributed by atoms with E-state index in [0.717, 1.165) is 18.2 Å². The van der Waals surface area contributed by atoms with Crippen molar-refractivity contribution in [2.75, 3.05) is 31.6 Å². The average molecular weight is 238 g/mol. The van der Waals surface area contributed by atoms with Gasteiger partial charge in [0.25, 0.3) is 0 Å². The van der Waals surface area contributed by atoms with Gasteiger partial charge in [-0.2, -0.15) is 0 Å². The highest BCUT2D eigenvalue weighted by molar-refractivity contribution is 7.13. The Balaban J connectivity index is 1.76. The zero-order chi connectivity index (χ0) is 11.0. The fourth-order valence-electron chi connectivity index (χ4n) is 3.07. The zero-order valence-corrected chi connectivity index (χ0v) is 10.5. The molecule has 0 bridgehead atoms. The average Bonchev–Trinajstić information content (AvgIpc) is 2.92. The summed E-state index contributed by atoms with van der Waals surface area (Å²) in [6.07, 6.45) is 5.37. The predicted molar refractivity (Wildman–Crippen MR) is 66.0 cm³/mol. The summed E-state index contributed by atoms with van der Waals surface area (Å²) in [6, 6.07) is 0. The largest absolute Gasteiger partial charge is 0.345 e. The zero-order valence-electron chi connectivity index (χ0n) is 9.72. The quantitative estimate of drug-likeness (QED) is 0.744. The summed E-state index contributed by atoms with van der Waals surface area (Å²) < 4.78 is 0. The van der Waals surface area contributed by atoms with Gasteiger partial charge in [-0.05, 0) is 32.9 Å². The summed E-state index contributed by atoms with van der Waals surface area (Å²) in [5, 5.41) is 9.20. The topological polar surface area (TPSA) is 32.3 Å². The lowest BCUT2D eigenvalue weighted by Crippen LogP contribution is -2.51. The molecule has 0 amide bonds. The van der Waals surface area contributed by atoms with Gasteiger partial charge in [-0.25, -0.2) is 0 Å². The van der Waals surface area contributed by atoms with Gasteiger partial charge in [0.05, 0.1) is 0 Å². The van der Waals surface area contributed by atoms with Gasteiger partial charge in [-0.1, -0.05) is 17.8 Å². The molecule has 1 spiro atoms. The third-order valence-corrected chi connectivity index (χ3v) is 4.90. The fourth-order valence-corrected chi connectivity index (χ4v) is 3.66. The summed E-state index contributed by atoms with van der Waals surface area (Å²) >= 11 is 1.65. The number of likely N-dealkylation sites (N-methyl/N-ethyl adjacent to an activating group) is 1. The molecule has 2 aliphatic rings. The summed E-state index contributed by atoms with van der Waals surface area (Å²) in [5.74, 6) is 0. The molecule has 1 atom stereocenters. The molecule has 0 N–H and O–H groups in total. The van der Waals surface area contributed by atoms with E-state index in [9.17, 15) is 0 Å². The molecule has 88 valence electrons. The molecule has 0 radical (unpaired) electrons. The minimum atomic E-state index is 0.421. The Labute approximate surface area is 100 Å². The van der Waals surface area contributed by atoms with Gasteiger partial charge in [-0.3, -0.25) is 4.90 Å². The number of hydrogen-bond acceptors (Lipinski definition) is 5. The first-order valence-electron chi connectivity index (χ1n) is 6.03. The van der Waals surface area contributed by atoms with E-state index < -0.39 is 0 Å². The van der Waals surface area contributed by atoms with Gasteiger partial charge in [0.15, 0.2) is 0 Å². The Morgan fingerprint density at radius 2 is 2.25 bits per heavy atom. The summed E-state index contributed by atoms with van der Waals surface area (Å²) in [7, 11) is 2.28. The molecule has 5 heteroatoms. The predicted octanol–water partition coefficient (Wildman–Crippen LogP) is 1.60. The van der Waals surface area contributed by atoms with Crippen LogP contribution in [0.5, 0.6) is 0 Å². The first kappa shape index (κ1) is 10.5. The Hall–Kier alpha value is -0.680. The normalized spacial score (nSPS) is 31.4. The number of hydrogen-bond donors (Lipinski definition) is 0. The minimum absolute atomic E-state index is 0.421. The van der Waals surface area contributed by atoms with Gasteiger partial charge < -0.3 is 4.90 Å². The standard InChI is InChI=1S/C11H18N4S/c1-14-6-3-2-4-11(14)5-7-15(8-11)10-13-12-9-16-10/h9H,2-8H2,1H3/t11-/m0/s1. The molecule has 1 aromatic heterocycles. The van der Waals surface area contributed by atoms with Crippen molar-refractivity contribution in [3.63, 3.8) is 0 Å². The Morgan fingerprint density at radius 3 is 3.00 bits per heavy atom. The van der Waals surface area contributed by atoms with Crippen molar-refractivity contribution in [2.45, 2.75) is 31.2 Å². The van der Waals surface area contributed by atoms with E-state index in [1.165, 1.54) is 32.2 Å². The molecule has 16 heavy (non-hydrogen) atoms. The van der Waals surface area contributed by atoms with Crippen LogP contribution in [0.15, 0.2) is 5.51 Å². The lowest BCUT2D eigenvalue weighted by atomic mass is 9.86. The molecule has 3 rings (SSSR count). The van der Waals surface area contributed by atoms with Crippen LogP contribution in [0.2, 0.25) is 0 Å². The molecule has 2 aliphatic heterocycles. The van der Waals surface area contributed by atoms with Gasteiger partial charge in [0, 0.05) is 18.6 Å². The Bertz CT molecular complexity index is 353. The van der Waals surface area contributed by atoms with Crippen LogP contribution in [-0.2, 0) is 0 Å². The highest BCUT2D eigenvalue weighted by atomic mass is 32.1. The number of rotatable bonds is 1. The maximum atomic E-state index is 4.18. The van der Waals surface area contributed by atoms with Crippen molar-refractivity contribution >= 4 is 16.5 Å². The first-order chi connectivity index (χ1) is 7.80. The van der Waals surface area contributed by atoms with E-state index in [1.807, 2.05) is 5.51 Å². The van der Waals surface area contributed by atoms with Crippen LogP contribution < -0.4 is 4.90 Å². The molecule has 0 saturated carbocycles. The van der Waals surface area contributed by atoms with E-state index in [-0.39, 0.29) is 0 Å². The minimum Gasteiger partial charge on any atom is -0.345 e. The van der Waals surface area contributed by atoms with E-state index in [0.29, 0.717) is 5.54 Å². The van der Waals surface area contributed by atoms with Crippen molar-refractivity contribution in [1.82, 2.24) is 15.1 Å². The second-order valence-corrected chi connectivity index (χ2v) is 5.81. The maximum absolute atomic E-state index is 4.18. The highest BCUT2D eigenvalue weighted by Crippen LogP contribution is 2.37. The summed E-state index contributed by atoms with van der Waals surface area (Å²) in [4.78, 5) is 4.97. The highest BCUT2D eigenvalue weighted by Gasteiger charge is 2.43. The smallest absolute Gasteiger partial charge is 0.208 e. The maximum Gasteiger partial charge on any atom is 0.208 e. The van der Waals surface area contributed by atoms with Crippen molar-refractivity contribution < 1.29 is 0 Å². The third kappa shape index (κ3) is 1.62. The summed E-state index contributed by atoms with van der Waals surface area (Å²) in [5.41, 5.74) is 2.24. The SMILES string of the molecule is CN1CCCC[C@@]12CCN(c1nncs1)C2. The van der Waals surface area contributed by atoms with E-state index in [1.54, 1.807) is 11.3 Å². The summed E-state index contributed by atoms with van der Waals surface area (Å²) in [6.45, 7) is 3.53. The number of likely N-dealkylation sites (tertiary alicyclic amines) is 1. The van der Waals surface area contributed by atoms with E-state index >= 15 is 0 Å². The van der Waals surface area contributed by atoms with Crippen molar-refractivity contribution in [2.24, 2.45) is 0 Å². The number of piperidine rings is 1. The van der Waals surface area contributed by atoms with Crippen molar-refractivity contribution in [3.05, 3.63) is 5.51 Å². The monoisotopic (exact) mass is 238 g/mol. The second kappa shape index (κ2) is 3.96. The molecule has 2 saturated heterocycles. The van der Waals surface area contributed by atoms with Gasteiger partial charge in [0.1, 0.15) is 5.51 Å². The van der Waals surface area contributed by atoms with Crippen LogP contribution >= 0.6 is 11.3 Å². The Morgan fingerprint density at radius 1 is 1.31 bits per heavy atom. The third-order valence-electron chi connectivity index (χ3n) is 4.15. The van der Waals surface area contributed by atoms with Gasteiger partial charge in [-0.15, -0.1) is 10.2 Å². The van der Waals surface area contributed by atoms with Crippen LogP contribution in [0.4, 0.5) is 5.13 Å². The van der Waals surface area contributed by atoms with E-state index in [2.05, 4.69) is 27.0 Å². The van der Waals surface area contributed by atoms with Crippen molar-refractivity contribution in [1.29, 1.82) is 0 Å². The van der Waals surface area contributed by atoms with E-state index in [4.69, 9.17) is 0 Å². The lowest BCUT2D eigenvalue weighted by Gasteiger charge is -2.42. The number of anilines is 1. The number of nitrogens with zero attached hydrogens (tertiary/aromatic N) is 4. The molecular formula is C11H18N4S. The molecule has 1 aromatic rings. The molecular weight excluding hydrogens is 220 g/mol. The molecule has 2 fully saturated rings. The van der Waals surface area contributed by atoms with Crippen LogP contribution in [0.25, 0.3) is 0 Å². The molecule has 4 nitrogen and oxygen atoms in total. The lowest BCUT2D eigenvalue weighted by molar-refractivity contribution is 0.0928. The van der Waals surface area contributed by atoms with Crippen molar-refractivity contribution in [3.8, 4) is 0 Å². The van der Waals surface area contributed by atoms with Crippen LogP contribution in [0.3, 0.4) is 0 Å². The Kier molecular flexibility index (Phi) is 2.59. The first-order valence-corrected chi connectivity index (χ1v) is 6.91. The molecule has 0 aliphatic carbocycles. The second-order valence-electron chi connectivity index (χ2n) is 5.00. The number of aromatic nitrogens is 2. The molecule has 0 aromatic carbocycles. The molecule has 3 heterocycles.